The van der Waals surface area contributed by atoms with Crippen LogP contribution in [0.5, 0.6) is 0 Å². The van der Waals surface area contributed by atoms with Gasteiger partial charge in [0.2, 0.25) is 0 Å². The molecular formula is C33H41ClN2O2. The Balaban J connectivity index is 1.60. The molecule has 1 saturated heterocycles. The summed E-state index contributed by atoms with van der Waals surface area (Å²) in [6, 6.07) is 27.5. The van der Waals surface area contributed by atoms with E-state index in [1.165, 1.54) is 16.7 Å². The number of anilines is 1. The molecule has 3 aromatic carbocycles. The van der Waals surface area contributed by atoms with Crippen LogP contribution >= 0.6 is 11.6 Å². The topological polar surface area (TPSA) is 32.8 Å². The van der Waals surface area contributed by atoms with Gasteiger partial charge in [0, 0.05) is 36.9 Å². The summed E-state index contributed by atoms with van der Waals surface area (Å²) in [5.74, 6) is 1.11. The minimum atomic E-state index is -0.515. The third-order valence-corrected chi connectivity index (χ3v) is 7.46. The molecule has 4 rings (SSSR count). The molecule has 0 aliphatic carbocycles. The van der Waals surface area contributed by atoms with Crippen LogP contribution in [0.25, 0.3) is 0 Å². The smallest absolute Gasteiger partial charge is 0.410 e. The highest BCUT2D eigenvalue weighted by Gasteiger charge is 2.38. The predicted octanol–water partition coefficient (Wildman–Crippen LogP) is 8.20. The SMILES string of the molecule is CC(C)c1cccc(C[C@H]2CN(C(=O)OC(C)(C)C)C[C@H]2CN(Cc2ccccc2)c2ccc(Cl)cc2)c1. The summed E-state index contributed by atoms with van der Waals surface area (Å²) < 4.78 is 5.78. The lowest BCUT2D eigenvalue weighted by molar-refractivity contribution is 0.0284. The molecular weight excluding hydrogens is 492 g/mol. The molecule has 0 unspecified atom stereocenters. The van der Waals surface area contributed by atoms with E-state index in [0.29, 0.717) is 30.8 Å². The molecule has 0 spiro atoms. The van der Waals surface area contributed by atoms with Crippen LogP contribution in [0.4, 0.5) is 10.5 Å². The normalized spacial score (nSPS) is 17.6. The molecule has 0 bridgehead atoms. The lowest BCUT2D eigenvalue weighted by atomic mass is 9.88. The van der Waals surface area contributed by atoms with Gasteiger partial charge in [-0.2, -0.15) is 0 Å². The highest BCUT2D eigenvalue weighted by Crippen LogP contribution is 2.32. The van der Waals surface area contributed by atoms with Gasteiger partial charge in [-0.05, 0) is 85.9 Å². The van der Waals surface area contributed by atoms with E-state index in [0.717, 1.165) is 30.2 Å². The summed E-state index contributed by atoms with van der Waals surface area (Å²) in [5.41, 5.74) is 4.56. The van der Waals surface area contributed by atoms with Crippen molar-refractivity contribution in [3.8, 4) is 0 Å². The Morgan fingerprint density at radius 2 is 1.61 bits per heavy atom. The van der Waals surface area contributed by atoms with Crippen molar-refractivity contribution >= 4 is 23.4 Å². The number of rotatable bonds is 8. The number of amides is 1. The number of hydrogen-bond acceptors (Lipinski definition) is 3. The van der Waals surface area contributed by atoms with Crippen LogP contribution in [-0.4, -0.2) is 36.2 Å². The third kappa shape index (κ3) is 7.77. The van der Waals surface area contributed by atoms with Crippen LogP contribution in [-0.2, 0) is 17.7 Å². The Bertz CT molecular complexity index is 1190. The van der Waals surface area contributed by atoms with Crippen molar-refractivity contribution in [3.05, 3.63) is 101 Å². The molecule has 5 heteroatoms. The van der Waals surface area contributed by atoms with Crippen LogP contribution in [0.2, 0.25) is 5.02 Å². The van der Waals surface area contributed by atoms with Crippen molar-refractivity contribution in [2.24, 2.45) is 11.8 Å². The second-order valence-corrected chi connectivity index (χ2v) is 12.3. The monoisotopic (exact) mass is 532 g/mol. The average Bonchev–Trinajstić information content (AvgIpc) is 3.26. The van der Waals surface area contributed by atoms with E-state index in [-0.39, 0.29) is 6.09 Å². The lowest BCUT2D eigenvalue weighted by Crippen LogP contribution is -2.36. The van der Waals surface area contributed by atoms with E-state index in [2.05, 4.69) is 79.4 Å². The van der Waals surface area contributed by atoms with Gasteiger partial charge in [-0.1, -0.05) is 80.0 Å². The van der Waals surface area contributed by atoms with Gasteiger partial charge in [-0.3, -0.25) is 0 Å². The molecule has 3 aromatic rings. The molecule has 202 valence electrons. The Morgan fingerprint density at radius 1 is 0.947 bits per heavy atom. The van der Waals surface area contributed by atoms with E-state index < -0.39 is 5.60 Å². The van der Waals surface area contributed by atoms with Crippen LogP contribution in [0, 0.1) is 11.8 Å². The van der Waals surface area contributed by atoms with Crippen molar-refractivity contribution in [2.45, 2.75) is 59.1 Å². The predicted molar refractivity (Wildman–Crippen MR) is 158 cm³/mol. The fraction of sp³-hybridized carbons (Fsp3) is 0.424. The van der Waals surface area contributed by atoms with Crippen molar-refractivity contribution in [1.29, 1.82) is 0 Å². The summed E-state index contributed by atoms with van der Waals surface area (Å²) in [4.78, 5) is 17.4. The molecule has 1 amide bonds. The molecule has 1 aliphatic rings. The summed E-state index contributed by atoms with van der Waals surface area (Å²) in [6.07, 6.45) is 0.715. The number of ether oxygens (including phenoxy) is 1. The van der Waals surface area contributed by atoms with Crippen molar-refractivity contribution in [2.75, 3.05) is 24.5 Å². The Kier molecular flexibility index (Phi) is 9.04. The van der Waals surface area contributed by atoms with E-state index >= 15 is 0 Å². The number of hydrogen-bond donors (Lipinski definition) is 0. The molecule has 4 nitrogen and oxygen atoms in total. The molecule has 1 aliphatic heterocycles. The van der Waals surface area contributed by atoms with Gasteiger partial charge in [0.15, 0.2) is 0 Å². The average molecular weight is 533 g/mol. The minimum absolute atomic E-state index is 0.220. The number of carbonyl (C=O) groups is 1. The first-order chi connectivity index (χ1) is 18.1. The lowest BCUT2D eigenvalue weighted by Gasteiger charge is -2.30. The quantitative estimate of drug-likeness (QED) is 0.293. The zero-order valence-electron chi connectivity index (χ0n) is 23.4. The first-order valence-corrected chi connectivity index (χ1v) is 14.1. The van der Waals surface area contributed by atoms with E-state index in [4.69, 9.17) is 16.3 Å². The minimum Gasteiger partial charge on any atom is -0.444 e. The number of nitrogens with zero attached hydrogens (tertiary/aromatic N) is 2. The van der Waals surface area contributed by atoms with Crippen LogP contribution in [0.15, 0.2) is 78.9 Å². The second kappa shape index (κ2) is 12.3. The standard InChI is InChI=1S/C33H41ClN2O2/c1-24(2)27-13-9-12-26(18-27)19-28-21-36(32(37)38-33(3,4)5)23-29(28)22-35(20-25-10-7-6-8-11-25)31-16-14-30(34)15-17-31/h6-18,24,28-29H,19-23H2,1-5H3/t28-,29+/m0/s1. The largest absolute Gasteiger partial charge is 0.444 e. The number of halogens is 1. The van der Waals surface area contributed by atoms with Crippen molar-refractivity contribution in [3.63, 3.8) is 0 Å². The maximum Gasteiger partial charge on any atom is 0.410 e. The van der Waals surface area contributed by atoms with Gasteiger partial charge in [0.1, 0.15) is 5.60 Å². The van der Waals surface area contributed by atoms with Crippen LogP contribution < -0.4 is 4.90 Å². The van der Waals surface area contributed by atoms with Gasteiger partial charge in [0.05, 0.1) is 0 Å². The maximum absolute atomic E-state index is 13.1. The number of carbonyl (C=O) groups excluding carboxylic acids is 1. The first-order valence-electron chi connectivity index (χ1n) is 13.7. The van der Waals surface area contributed by atoms with Gasteiger partial charge in [-0.15, -0.1) is 0 Å². The summed E-state index contributed by atoms with van der Waals surface area (Å²) in [7, 11) is 0. The number of benzene rings is 3. The van der Waals surface area contributed by atoms with Gasteiger partial charge >= 0.3 is 6.09 Å². The van der Waals surface area contributed by atoms with Crippen molar-refractivity contribution < 1.29 is 9.53 Å². The van der Waals surface area contributed by atoms with E-state index in [9.17, 15) is 4.79 Å². The molecule has 0 aromatic heterocycles. The molecule has 38 heavy (non-hydrogen) atoms. The van der Waals surface area contributed by atoms with Crippen molar-refractivity contribution in [1.82, 2.24) is 4.90 Å². The molecule has 0 radical (unpaired) electrons. The maximum atomic E-state index is 13.1. The molecule has 0 saturated carbocycles. The zero-order chi connectivity index (χ0) is 27.3. The molecule has 2 atom stereocenters. The van der Waals surface area contributed by atoms with Gasteiger partial charge < -0.3 is 14.5 Å². The van der Waals surface area contributed by atoms with Gasteiger partial charge in [-0.25, -0.2) is 4.79 Å². The highest BCUT2D eigenvalue weighted by molar-refractivity contribution is 6.30. The molecule has 1 heterocycles. The molecule has 1 fully saturated rings. The molecule has 0 N–H and O–H groups in total. The summed E-state index contributed by atoms with van der Waals surface area (Å²) >= 11 is 6.23. The fourth-order valence-electron chi connectivity index (χ4n) is 5.23. The summed E-state index contributed by atoms with van der Waals surface area (Å²) in [5, 5.41) is 0.730. The Hall–Kier alpha value is -2.98. The Morgan fingerprint density at radius 3 is 2.26 bits per heavy atom. The third-order valence-electron chi connectivity index (χ3n) is 7.21. The first kappa shape index (κ1) is 28.0. The van der Waals surface area contributed by atoms with Crippen LogP contribution in [0.3, 0.4) is 0 Å². The van der Waals surface area contributed by atoms with E-state index in [1.807, 2.05) is 43.9 Å². The second-order valence-electron chi connectivity index (χ2n) is 11.9. The van der Waals surface area contributed by atoms with Crippen LogP contribution in [0.1, 0.15) is 57.2 Å². The fourth-order valence-corrected chi connectivity index (χ4v) is 5.36. The number of likely N-dealkylation sites (tertiary alicyclic amines) is 1. The Labute approximate surface area is 233 Å². The van der Waals surface area contributed by atoms with Gasteiger partial charge in [0.25, 0.3) is 0 Å². The highest BCUT2D eigenvalue weighted by atomic mass is 35.5. The van der Waals surface area contributed by atoms with E-state index in [1.54, 1.807) is 0 Å². The summed E-state index contributed by atoms with van der Waals surface area (Å²) in [6.45, 7) is 13.3. The zero-order valence-corrected chi connectivity index (χ0v) is 24.1.